The van der Waals surface area contributed by atoms with Crippen molar-refractivity contribution in [3.63, 3.8) is 0 Å². The predicted octanol–water partition coefficient (Wildman–Crippen LogP) is 4.20. The molecule has 3 aromatic carbocycles. The number of methoxy groups -OCH3 is 3. The van der Waals surface area contributed by atoms with E-state index in [1.165, 1.54) is 37.0 Å². The molecular formula is C35H30N4O7S. The minimum Gasteiger partial charge on any atom is -0.497 e. The molecule has 1 aliphatic rings. The summed E-state index contributed by atoms with van der Waals surface area (Å²) in [5, 5.41) is 4.88. The summed E-state index contributed by atoms with van der Waals surface area (Å²) in [7, 11) is 4.32. The number of thiazole rings is 1. The van der Waals surface area contributed by atoms with Crippen molar-refractivity contribution >= 4 is 29.4 Å². The van der Waals surface area contributed by atoms with Gasteiger partial charge in [0.25, 0.3) is 5.56 Å². The third-order valence-electron chi connectivity index (χ3n) is 7.60. The lowest BCUT2D eigenvalue weighted by Crippen LogP contribution is -2.39. The number of rotatable bonds is 8. The number of nitrogens with zero attached hydrogens (tertiary/aromatic N) is 4. The van der Waals surface area contributed by atoms with E-state index in [-0.39, 0.29) is 22.6 Å². The first kappa shape index (κ1) is 31.2. The molecule has 0 fully saturated rings. The Morgan fingerprint density at radius 2 is 1.68 bits per heavy atom. The van der Waals surface area contributed by atoms with Crippen molar-refractivity contribution in [2.24, 2.45) is 4.99 Å². The Bertz CT molecular complexity index is 2210. The normalized spacial score (nSPS) is 14.3. The van der Waals surface area contributed by atoms with Crippen molar-refractivity contribution < 1.29 is 28.5 Å². The summed E-state index contributed by atoms with van der Waals surface area (Å²) in [4.78, 5) is 44.2. The van der Waals surface area contributed by atoms with Crippen LogP contribution in [0.3, 0.4) is 0 Å². The van der Waals surface area contributed by atoms with E-state index >= 15 is 0 Å². The van der Waals surface area contributed by atoms with E-state index in [9.17, 15) is 14.4 Å². The van der Waals surface area contributed by atoms with E-state index in [2.05, 4.69) is 4.99 Å². The van der Waals surface area contributed by atoms with Crippen LogP contribution in [0.15, 0.2) is 100 Å². The van der Waals surface area contributed by atoms with Gasteiger partial charge < -0.3 is 18.9 Å². The maximum atomic E-state index is 14.3. The number of esters is 2. The topological polar surface area (TPSA) is 123 Å². The Hall–Kier alpha value is -5.75. The quantitative estimate of drug-likeness (QED) is 0.181. The molecule has 11 nitrogen and oxygen atoms in total. The van der Waals surface area contributed by atoms with Crippen LogP contribution in [0.25, 0.3) is 23.0 Å². The lowest BCUT2D eigenvalue weighted by Gasteiger charge is -2.25. The molecule has 3 heterocycles. The Labute approximate surface area is 273 Å². The van der Waals surface area contributed by atoms with E-state index in [4.69, 9.17) is 24.0 Å². The molecular weight excluding hydrogens is 620 g/mol. The summed E-state index contributed by atoms with van der Waals surface area (Å²) in [5.41, 5.74) is 3.85. The van der Waals surface area contributed by atoms with Gasteiger partial charge in [-0.15, -0.1) is 0 Å². The van der Waals surface area contributed by atoms with Gasteiger partial charge >= 0.3 is 11.9 Å². The fraction of sp³-hybridized carbons (Fsp3) is 0.171. The number of aromatic nitrogens is 3. The third kappa shape index (κ3) is 5.98. The number of hydrogen-bond donors (Lipinski definition) is 0. The van der Waals surface area contributed by atoms with Crippen molar-refractivity contribution in [2.75, 3.05) is 21.3 Å². The van der Waals surface area contributed by atoms with Crippen LogP contribution >= 0.6 is 11.3 Å². The Morgan fingerprint density at radius 1 is 0.936 bits per heavy atom. The molecule has 0 unspecified atom stereocenters. The Balaban J connectivity index is 1.55. The van der Waals surface area contributed by atoms with Crippen molar-refractivity contribution in [2.45, 2.75) is 19.9 Å². The van der Waals surface area contributed by atoms with E-state index in [0.29, 0.717) is 37.6 Å². The highest BCUT2D eigenvalue weighted by Gasteiger charge is 2.34. The van der Waals surface area contributed by atoms with Crippen molar-refractivity contribution in [1.82, 2.24) is 14.3 Å². The molecule has 0 N–H and O–H groups in total. The zero-order valence-corrected chi connectivity index (χ0v) is 27.0. The third-order valence-corrected chi connectivity index (χ3v) is 8.58. The smallest absolute Gasteiger partial charge is 0.338 e. The molecule has 1 aliphatic heterocycles. The van der Waals surface area contributed by atoms with Gasteiger partial charge in [-0.05, 0) is 67.1 Å². The van der Waals surface area contributed by atoms with Gasteiger partial charge in [-0.3, -0.25) is 14.2 Å². The number of allylic oxidation sites excluding steroid dienone is 1. The average molecular weight is 651 g/mol. The molecule has 0 saturated carbocycles. The van der Waals surface area contributed by atoms with Gasteiger partial charge in [0.05, 0.1) is 48.9 Å². The second-order valence-electron chi connectivity index (χ2n) is 10.5. The first-order chi connectivity index (χ1) is 22.7. The lowest BCUT2D eigenvalue weighted by atomic mass is 9.95. The molecule has 47 heavy (non-hydrogen) atoms. The molecule has 12 heteroatoms. The molecule has 0 radical (unpaired) electrons. The Kier molecular flexibility index (Phi) is 8.59. The van der Waals surface area contributed by atoms with E-state index in [1.54, 1.807) is 43.0 Å². The molecule has 5 aromatic rings. The fourth-order valence-electron chi connectivity index (χ4n) is 5.42. The average Bonchev–Trinajstić information content (AvgIpc) is 3.64. The second kappa shape index (κ2) is 12.9. The zero-order valence-electron chi connectivity index (χ0n) is 26.2. The second-order valence-corrected chi connectivity index (χ2v) is 11.5. The highest BCUT2D eigenvalue weighted by Crippen LogP contribution is 2.36. The van der Waals surface area contributed by atoms with Crippen LogP contribution in [-0.2, 0) is 14.3 Å². The zero-order chi connectivity index (χ0) is 33.2. The standard InChI is InChI=1S/C35H30N4O7S/c1-20-30(34(42)45-5)32(23-13-16-27(46-21(2)40)28(17-23)44-4)39-33(41)29(47-35(39)36-20)18-24-19-38(25-9-7-6-8-10-25)37-31(24)22-11-14-26(43-3)15-12-22/h6-19,32H,1-5H3/b29-18-/t32-/m0/s1. The van der Waals surface area contributed by atoms with Gasteiger partial charge in [-0.2, -0.15) is 5.10 Å². The van der Waals surface area contributed by atoms with Crippen molar-refractivity contribution in [3.8, 4) is 34.2 Å². The van der Waals surface area contributed by atoms with Crippen LogP contribution in [0.1, 0.15) is 31.0 Å². The van der Waals surface area contributed by atoms with E-state index in [0.717, 1.165) is 11.3 Å². The number of ether oxygens (including phenoxy) is 4. The number of para-hydroxylation sites is 1. The van der Waals surface area contributed by atoms with Crippen LogP contribution in [0, 0.1) is 0 Å². The monoisotopic (exact) mass is 650 g/mol. The summed E-state index contributed by atoms with van der Waals surface area (Å²) < 4.78 is 24.9. The van der Waals surface area contributed by atoms with Gasteiger partial charge in [-0.25, -0.2) is 14.5 Å². The van der Waals surface area contributed by atoms with E-state index in [1.807, 2.05) is 60.8 Å². The summed E-state index contributed by atoms with van der Waals surface area (Å²) >= 11 is 1.20. The van der Waals surface area contributed by atoms with E-state index < -0.39 is 18.0 Å². The summed E-state index contributed by atoms with van der Waals surface area (Å²) in [6.07, 6.45) is 3.66. The van der Waals surface area contributed by atoms with Crippen molar-refractivity contribution in [3.05, 3.63) is 121 Å². The van der Waals surface area contributed by atoms with Gasteiger partial charge in [0.2, 0.25) is 0 Å². The maximum absolute atomic E-state index is 14.3. The maximum Gasteiger partial charge on any atom is 0.338 e. The number of fused-ring (bicyclic) bond motifs is 1. The highest BCUT2D eigenvalue weighted by atomic mass is 32.1. The van der Waals surface area contributed by atoms with Gasteiger partial charge in [0.1, 0.15) is 11.4 Å². The molecule has 0 spiro atoms. The SMILES string of the molecule is COC(=O)C1=C(C)N=c2s/c(=C\c3cn(-c4ccccc4)nc3-c3ccc(OC)cc3)c(=O)n2[C@H]1c1ccc(OC(C)=O)c(OC)c1. The Morgan fingerprint density at radius 3 is 2.34 bits per heavy atom. The summed E-state index contributed by atoms with van der Waals surface area (Å²) in [5.74, 6) is 0.0358. The van der Waals surface area contributed by atoms with Crippen molar-refractivity contribution in [1.29, 1.82) is 0 Å². The number of hydrogen-bond acceptors (Lipinski definition) is 10. The molecule has 0 amide bonds. The minimum atomic E-state index is -0.894. The lowest BCUT2D eigenvalue weighted by molar-refractivity contribution is -0.136. The first-order valence-corrected chi connectivity index (χ1v) is 15.3. The molecule has 0 saturated heterocycles. The largest absolute Gasteiger partial charge is 0.497 e. The van der Waals surface area contributed by atoms with Crippen LogP contribution in [-0.4, -0.2) is 47.6 Å². The summed E-state index contributed by atoms with van der Waals surface area (Å²) in [6.45, 7) is 2.99. The molecule has 0 aliphatic carbocycles. The first-order valence-electron chi connectivity index (χ1n) is 14.5. The molecule has 238 valence electrons. The fourth-order valence-corrected chi connectivity index (χ4v) is 6.46. The highest BCUT2D eigenvalue weighted by molar-refractivity contribution is 7.07. The number of carbonyl (C=O) groups excluding carboxylic acids is 2. The molecule has 0 bridgehead atoms. The number of carbonyl (C=O) groups is 2. The number of benzene rings is 3. The summed E-state index contributed by atoms with van der Waals surface area (Å²) in [6, 6.07) is 21.2. The van der Waals surface area contributed by atoms with Gasteiger partial charge in [0, 0.05) is 24.2 Å². The molecule has 1 atom stereocenters. The van der Waals surface area contributed by atoms with Crippen LogP contribution in [0.4, 0.5) is 0 Å². The molecule has 6 rings (SSSR count). The molecule has 2 aromatic heterocycles. The minimum absolute atomic E-state index is 0.199. The van der Waals surface area contributed by atoms with Crippen LogP contribution in [0.2, 0.25) is 0 Å². The van der Waals surface area contributed by atoms with Gasteiger partial charge in [-0.1, -0.05) is 35.6 Å². The van der Waals surface area contributed by atoms with Crippen LogP contribution < -0.4 is 29.1 Å². The van der Waals surface area contributed by atoms with Crippen LogP contribution in [0.5, 0.6) is 17.2 Å². The van der Waals surface area contributed by atoms with Gasteiger partial charge in [0.15, 0.2) is 16.3 Å². The predicted molar refractivity (Wildman–Crippen MR) is 176 cm³/mol.